The molecule has 0 aromatic heterocycles. The third-order valence-electron chi connectivity index (χ3n) is 2.72. The van der Waals surface area contributed by atoms with Gasteiger partial charge in [-0.3, -0.25) is 0 Å². The van der Waals surface area contributed by atoms with E-state index >= 15 is 0 Å². The maximum Gasteiger partial charge on any atom is 0.319 e. The zero-order chi connectivity index (χ0) is 16.1. The van der Waals surface area contributed by atoms with E-state index in [0.717, 1.165) is 0 Å². The summed E-state index contributed by atoms with van der Waals surface area (Å²) in [4.78, 5) is 11.6. The molecule has 0 heterocycles. The van der Waals surface area contributed by atoms with Crippen LogP contribution in [-0.2, 0) is 0 Å². The summed E-state index contributed by atoms with van der Waals surface area (Å²) in [6.07, 6.45) is 0. The lowest BCUT2D eigenvalue weighted by Gasteiger charge is -2.12. The zero-order valence-electron chi connectivity index (χ0n) is 12.4. The van der Waals surface area contributed by atoms with Crippen molar-refractivity contribution in [3.63, 3.8) is 0 Å². The number of hydrogen-bond donors (Lipinski definition) is 3. The zero-order valence-corrected chi connectivity index (χ0v) is 13.1. The Kier molecular flexibility index (Phi) is 5.12. The van der Waals surface area contributed by atoms with Crippen LogP contribution in [0.25, 0.3) is 0 Å². The molecule has 0 radical (unpaired) electrons. The van der Waals surface area contributed by atoms with E-state index in [1.54, 1.807) is 42.5 Å². The molecule has 2 amide bonds. The van der Waals surface area contributed by atoms with Crippen LogP contribution in [0, 0.1) is 0 Å². The second-order valence-electron chi connectivity index (χ2n) is 5.07. The van der Waals surface area contributed by atoms with Gasteiger partial charge in [-0.25, -0.2) is 4.79 Å². The van der Waals surface area contributed by atoms with E-state index in [9.17, 15) is 4.79 Å². The number of ether oxygens (including phenoxy) is 1. The third-order valence-corrected chi connectivity index (χ3v) is 3.01. The largest absolute Gasteiger partial charge is 0.456 e. The number of carbonyl (C=O) groups excluding carboxylic acids is 1. The molecule has 0 unspecified atom stereocenters. The smallest absolute Gasteiger partial charge is 0.319 e. The molecule has 4 N–H and O–H groups in total. The lowest BCUT2D eigenvalue weighted by Crippen LogP contribution is -2.34. The Morgan fingerprint density at radius 2 is 1.86 bits per heavy atom. The summed E-state index contributed by atoms with van der Waals surface area (Å²) >= 11 is 6.18. The van der Waals surface area contributed by atoms with Gasteiger partial charge in [-0.1, -0.05) is 11.6 Å². The van der Waals surface area contributed by atoms with E-state index in [1.165, 1.54) is 0 Å². The van der Waals surface area contributed by atoms with Crippen molar-refractivity contribution in [1.29, 1.82) is 0 Å². The Labute approximate surface area is 134 Å². The Morgan fingerprint density at radius 1 is 1.18 bits per heavy atom. The van der Waals surface area contributed by atoms with E-state index in [-0.39, 0.29) is 12.1 Å². The molecule has 0 aliphatic heterocycles. The van der Waals surface area contributed by atoms with E-state index in [0.29, 0.717) is 27.9 Å². The number of anilines is 2. The number of urea groups is 1. The summed E-state index contributed by atoms with van der Waals surface area (Å²) in [6.45, 7) is 3.77. The van der Waals surface area contributed by atoms with Crippen molar-refractivity contribution in [3.8, 4) is 11.5 Å². The first-order valence-corrected chi connectivity index (χ1v) is 7.22. The van der Waals surface area contributed by atoms with Crippen LogP contribution >= 0.6 is 11.6 Å². The number of nitrogens with one attached hydrogen (secondary N) is 2. The summed E-state index contributed by atoms with van der Waals surface area (Å²) in [5.41, 5.74) is 6.87. The molecule has 116 valence electrons. The average molecular weight is 320 g/mol. The van der Waals surface area contributed by atoms with Gasteiger partial charge in [0, 0.05) is 17.4 Å². The van der Waals surface area contributed by atoms with Gasteiger partial charge in [0.1, 0.15) is 11.5 Å². The third kappa shape index (κ3) is 4.56. The minimum Gasteiger partial charge on any atom is -0.456 e. The predicted octanol–water partition coefficient (Wildman–Crippen LogP) is 4.24. The number of carbonyl (C=O) groups is 1. The van der Waals surface area contributed by atoms with Crippen LogP contribution in [0.3, 0.4) is 0 Å². The lowest BCUT2D eigenvalue weighted by molar-refractivity contribution is 0.250. The van der Waals surface area contributed by atoms with Crippen molar-refractivity contribution in [2.45, 2.75) is 19.9 Å². The number of hydrogen-bond acceptors (Lipinski definition) is 3. The molecule has 0 spiro atoms. The number of rotatable bonds is 4. The van der Waals surface area contributed by atoms with Crippen molar-refractivity contribution in [2.75, 3.05) is 11.1 Å². The number of halogens is 1. The van der Waals surface area contributed by atoms with Gasteiger partial charge in [-0.2, -0.15) is 0 Å². The monoisotopic (exact) mass is 319 g/mol. The Morgan fingerprint density at radius 3 is 2.45 bits per heavy atom. The number of nitrogen functional groups attached to an aromatic ring is 1. The van der Waals surface area contributed by atoms with Crippen LogP contribution in [0.2, 0.25) is 5.02 Å². The first-order valence-electron chi connectivity index (χ1n) is 6.84. The second-order valence-corrected chi connectivity index (χ2v) is 5.48. The van der Waals surface area contributed by atoms with E-state index in [4.69, 9.17) is 22.1 Å². The molecule has 0 aliphatic rings. The molecule has 5 nitrogen and oxygen atoms in total. The van der Waals surface area contributed by atoms with Crippen LogP contribution < -0.4 is 21.1 Å². The molecule has 6 heteroatoms. The van der Waals surface area contributed by atoms with Crippen molar-refractivity contribution in [1.82, 2.24) is 5.32 Å². The van der Waals surface area contributed by atoms with Gasteiger partial charge in [-0.15, -0.1) is 0 Å². The van der Waals surface area contributed by atoms with Gasteiger partial charge in [0.05, 0.1) is 5.02 Å². The van der Waals surface area contributed by atoms with E-state index < -0.39 is 0 Å². The maximum atomic E-state index is 11.6. The molecule has 2 rings (SSSR count). The molecule has 0 fully saturated rings. The highest BCUT2D eigenvalue weighted by Crippen LogP contribution is 2.31. The van der Waals surface area contributed by atoms with Gasteiger partial charge >= 0.3 is 6.03 Å². The fourth-order valence-electron chi connectivity index (χ4n) is 1.75. The van der Waals surface area contributed by atoms with Gasteiger partial charge in [-0.05, 0) is 56.3 Å². The van der Waals surface area contributed by atoms with Gasteiger partial charge < -0.3 is 21.1 Å². The quantitative estimate of drug-likeness (QED) is 0.737. The fraction of sp³-hybridized carbons (Fsp3) is 0.188. The van der Waals surface area contributed by atoms with E-state index in [2.05, 4.69) is 10.6 Å². The summed E-state index contributed by atoms with van der Waals surface area (Å²) in [7, 11) is 0. The first-order chi connectivity index (χ1) is 10.4. The molecule has 2 aromatic carbocycles. The Bertz CT molecular complexity index is 657. The number of benzene rings is 2. The lowest BCUT2D eigenvalue weighted by atomic mass is 10.3. The normalized spacial score (nSPS) is 10.4. The van der Waals surface area contributed by atoms with Crippen LogP contribution in [0.4, 0.5) is 16.2 Å². The Hall–Kier alpha value is -2.40. The van der Waals surface area contributed by atoms with Gasteiger partial charge in [0.2, 0.25) is 0 Å². The average Bonchev–Trinajstić information content (AvgIpc) is 2.43. The van der Waals surface area contributed by atoms with Crippen molar-refractivity contribution in [3.05, 3.63) is 47.5 Å². The molecular weight excluding hydrogens is 302 g/mol. The molecule has 0 atom stereocenters. The minimum absolute atomic E-state index is 0.0589. The predicted molar refractivity (Wildman–Crippen MR) is 89.7 cm³/mol. The van der Waals surface area contributed by atoms with Gasteiger partial charge in [0.25, 0.3) is 0 Å². The summed E-state index contributed by atoms with van der Waals surface area (Å²) in [5, 5.41) is 5.84. The summed E-state index contributed by atoms with van der Waals surface area (Å²) in [6, 6.07) is 11.8. The fourth-order valence-corrected chi connectivity index (χ4v) is 1.97. The molecular formula is C16H18ClN3O2. The summed E-state index contributed by atoms with van der Waals surface area (Å²) in [5.74, 6) is 1.13. The molecule has 0 saturated carbocycles. The Balaban J connectivity index is 2.06. The second kappa shape index (κ2) is 7.04. The van der Waals surface area contributed by atoms with Crippen LogP contribution in [0.5, 0.6) is 11.5 Å². The SMILES string of the molecule is CC(C)NC(=O)Nc1ccc(Oc2ccc(N)cc2)c(Cl)c1. The molecule has 0 bridgehead atoms. The molecule has 0 aliphatic carbocycles. The highest BCUT2D eigenvalue weighted by molar-refractivity contribution is 6.32. The first kappa shape index (κ1) is 16.0. The topological polar surface area (TPSA) is 76.4 Å². The molecule has 2 aromatic rings. The number of nitrogens with two attached hydrogens (primary N) is 1. The van der Waals surface area contributed by atoms with Crippen LogP contribution in [-0.4, -0.2) is 12.1 Å². The molecule has 22 heavy (non-hydrogen) atoms. The van der Waals surface area contributed by atoms with Crippen molar-refractivity contribution in [2.24, 2.45) is 0 Å². The van der Waals surface area contributed by atoms with E-state index in [1.807, 2.05) is 13.8 Å². The van der Waals surface area contributed by atoms with Crippen LogP contribution in [0.15, 0.2) is 42.5 Å². The minimum atomic E-state index is -0.279. The number of amides is 2. The van der Waals surface area contributed by atoms with Crippen molar-refractivity contribution >= 4 is 29.0 Å². The standard InChI is InChI=1S/C16H18ClN3O2/c1-10(2)19-16(21)20-12-5-8-15(14(17)9-12)22-13-6-3-11(18)4-7-13/h3-10H,18H2,1-2H3,(H2,19,20,21). The molecule has 0 saturated heterocycles. The highest BCUT2D eigenvalue weighted by atomic mass is 35.5. The summed E-state index contributed by atoms with van der Waals surface area (Å²) < 4.78 is 5.67. The van der Waals surface area contributed by atoms with Gasteiger partial charge in [0.15, 0.2) is 0 Å². The maximum absolute atomic E-state index is 11.6. The highest BCUT2D eigenvalue weighted by Gasteiger charge is 2.08. The van der Waals surface area contributed by atoms with Crippen LogP contribution in [0.1, 0.15) is 13.8 Å². The van der Waals surface area contributed by atoms with Crippen molar-refractivity contribution < 1.29 is 9.53 Å².